The second kappa shape index (κ2) is 17.1. The number of aromatic nitrogens is 1. The van der Waals surface area contributed by atoms with Crippen molar-refractivity contribution in [2.45, 2.75) is 11.5 Å². The normalized spacial score (nSPS) is 11.0. The number of amides is 3. The molecule has 0 bridgehead atoms. The number of rotatable bonds is 13. The molecule has 0 radical (unpaired) electrons. The van der Waals surface area contributed by atoms with Gasteiger partial charge in [-0.05, 0) is 90.0 Å². The van der Waals surface area contributed by atoms with Gasteiger partial charge in [0.15, 0.2) is 5.13 Å². The van der Waals surface area contributed by atoms with E-state index in [9.17, 15) is 18.8 Å². The molecule has 0 saturated carbocycles. The first-order chi connectivity index (χ1) is 24.9. The van der Waals surface area contributed by atoms with Crippen molar-refractivity contribution in [1.82, 2.24) is 10.3 Å². The lowest BCUT2D eigenvalue weighted by molar-refractivity contribution is -0.114. The molecule has 0 aliphatic heterocycles. The summed E-state index contributed by atoms with van der Waals surface area (Å²) in [5.74, 6) is -0.665. The number of thiazole rings is 1. The first kappa shape index (κ1) is 34.8. The maximum absolute atomic E-state index is 13.5. The zero-order valence-electron chi connectivity index (χ0n) is 27.0. The molecular weight excluding hydrogens is 684 g/mol. The molecule has 51 heavy (non-hydrogen) atoms. The third-order valence-electron chi connectivity index (χ3n) is 7.34. The zero-order valence-corrected chi connectivity index (χ0v) is 28.7. The Bertz CT molecular complexity index is 2120. The molecule has 1 aromatic heterocycles. The molecule has 5 aromatic carbocycles. The Morgan fingerprint density at radius 3 is 2.18 bits per heavy atom. The van der Waals surface area contributed by atoms with E-state index in [1.54, 1.807) is 72.1 Å². The van der Waals surface area contributed by atoms with Gasteiger partial charge in [-0.15, -0.1) is 23.1 Å². The number of ether oxygens (including phenoxy) is 1. The van der Waals surface area contributed by atoms with Gasteiger partial charge < -0.3 is 20.7 Å². The van der Waals surface area contributed by atoms with Crippen molar-refractivity contribution in [1.29, 1.82) is 0 Å². The number of hydrogen-bond donors (Lipinski definition) is 3. The Balaban J connectivity index is 1.06. The second-order valence-electron chi connectivity index (χ2n) is 11.1. The van der Waals surface area contributed by atoms with Gasteiger partial charge in [0.1, 0.15) is 23.9 Å². The fourth-order valence-corrected chi connectivity index (χ4v) is 6.17. The lowest BCUT2D eigenvalue weighted by Gasteiger charge is -2.12. The van der Waals surface area contributed by atoms with Crippen molar-refractivity contribution in [3.05, 3.63) is 167 Å². The molecular formula is C40H31FN4O4S2. The van der Waals surface area contributed by atoms with E-state index in [1.807, 2.05) is 60.7 Å². The zero-order chi connectivity index (χ0) is 35.4. The molecule has 6 aromatic rings. The van der Waals surface area contributed by atoms with Crippen LogP contribution in [-0.2, 0) is 16.2 Å². The van der Waals surface area contributed by atoms with Crippen LogP contribution in [0.2, 0.25) is 0 Å². The minimum Gasteiger partial charge on any atom is -0.489 e. The molecule has 0 atom stereocenters. The van der Waals surface area contributed by atoms with E-state index in [2.05, 4.69) is 20.9 Å². The molecule has 3 amide bonds. The van der Waals surface area contributed by atoms with Gasteiger partial charge in [0.25, 0.3) is 11.8 Å². The maximum atomic E-state index is 13.5. The Morgan fingerprint density at radius 2 is 1.47 bits per heavy atom. The third kappa shape index (κ3) is 10.2. The van der Waals surface area contributed by atoms with E-state index in [4.69, 9.17) is 4.74 Å². The number of carbonyl (C=O) groups is 3. The van der Waals surface area contributed by atoms with Crippen LogP contribution in [0.15, 0.2) is 149 Å². The minimum absolute atomic E-state index is 0.0571. The van der Waals surface area contributed by atoms with Crippen LogP contribution in [0.25, 0.3) is 17.3 Å². The monoisotopic (exact) mass is 714 g/mol. The van der Waals surface area contributed by atoms with Crippen LogP contribution in [0.1, 0.15) is 21.5 Å². The van der Waals surface area contributed by atoms with E-state index in [1.165, 1.54) is 35.2 Å². The van der Waals surface area contributed by atoms with E-state index in [0.717, 1.165) is 16.0 Å². The van der Waals surface area contributed by atoms with Crippen molar-refractivity contribution < 1.29 is 23.5 Å². The Kier molecular flexibility index (Phi) is 11.6. The largest absolute Gasteiger partial charge is 0.489 e. The fourth-order valence-electron chi connectivity index (χ4n) is 4.73. The Hall–Kier alpha value is -6.04. The molecule has 0 fully saturated rings. The number of benzene rings is 5. The molecule has 0 unspecified atom stereocenters. The molecule has 0 aliphatic rings. The van der Waals surface area contributed by atoms with E-state index in [-0.39, 0.29) is 23.2 Å². The molecule has 8 nitrogen and oxygen atoms in total. The quantitative estimate of drug-likeness (QED) is 0.0816. The number of nitrogens with zero attached hydrogens (tertiary/aromatic N) is 1. The number of thioether (sulfide) groups is 1. The second-order valence-corrected chi connectivity index (χ2v) is 13.0. The first-order valence-corrected chi connectivity index (χ1v) is 17.6. The summed E-state index contributed by atoms with van der Waals surface area (Å²) in [6, 6.07) is 38.8. The molecule has 0 spiro atoms. The summed E-state index contributed by atoms with van der Waals surface area (Å²) in [5, 5.41) is 10.7. The van der Waals surface area contributed by atoms with Crippen LogP contribution in [0.5, 0.6) is 5.75 Å². The summed E-state index contributed by atoms with van der Waals surface area (Å²) in [4.78, 5) is 44.4. The SMILES string of the molecule is O=C(CSc1ccc(NC(=O)/C(=C/c2ccc(OCc3ccccc3)cc2)NC(=O)c2ccccc2)cc1)Nc1nc(-c2ccc(F)cc2)cs1. The van der Waals surface area contributed by atoms with Crippen molar-refractivity contribution in [2.75, 3.05) is 16.4 Å². The van der Waals surface area contributed by atoms with Crippen LogP contribution >= 0.6 is 23.1 Å². The van der Waals surface area contributed by atoms with Crippen LogP contribution < -0.4 is 20.7 Å². The highest BCUT2D eigenvalue weighted by molar-refractivity contribution is 8.00. The Morgan fingerprint density at radius 1 is 0.784 bits per heavy atom. The van der Waals surface area contributed by atoms with Gasteiger partial charge >= 0.3 is 0 Å². The third-order valence-corrected chi connectivity index (χ3v) is 9.11. The van der Waals surface area contributed by atoms with E-state index >= 15 is 0 Å². The molecule has 0 aliphatic carbocycles. The lowest BCUT2D eigenvalue weighted by Crippen LogP contribution is -2.30. The Labute approximate surface area is 302 Å². The summed E-state index contributed by atoms with van der Waals surface area (Å²) in [6.45, 7) is 0.425. The fraction of sp³-hybridized carbons (Fsp3) is 0.0500. The highest BCUT2D eigenvalue weighted by Gasteiger charge is 2.16. The van der Waals surface area contributed by atoms with Gasteiger partial charge in [-0.3, -0.25) is 14.4 Å². The van der Waals surface area contributed by atoms with E-state index < -0.39 is 11.8 Å². The molecule has 1 heterocycles. The van der Waals surface area contributed by atoms with Gasteiger partial charge in [-0.1, -0.05) is 60.7 Å². The number of carbonyl (C=O) groups excluding carboxylic acids is 3. The highest BCUT2D eigenvalue weighted by atomic mass is 32.2. The average molecular weight is 715 g/mol. The predicted molar refractivity (Wildman–Crippen MR) is 201 cm³/mol. The summed E-state index contributed by atoms with van der Waals surface area (Å²) in [6.07, 6.45) is 1.60. The molecule has 0 saturated heterocycles. The first-order valence-electron chi connectivity index (χ1n) is 15.8. The predicted octanol–water partition coefficient (Wildman–Crippen LogP) is 8.67. The maximum Gasteiger partial charge on any atom is 0.272 e. The van der Waals surface area contributed by atoms with Crippen molar-refractivity contribution >= 4 is 57.7 Å². The standard InChI is InChI=1S/C40H31FN4O4S2/c41-31-15-13-29(14-16-31)36-25-51-40(44-36)45-37(46)26-50-34-21-17-32(18-22-34)42-39(48)35(43-38(47)30-9-5-2-6-10-30)23-27-11-19-33(20-12-27)49-24-28-7-3-1-4-8-28/h1-23,25H,24,26H2,(H,42,48)(H,43,47)(H,44,45,46)/b35-23-. The summed E-state index contributed by atoms with van der Waals surface area (Å²) >= 11 is 2.62. The van der Waals surface area contributed by atoms with E-state index in [0.29, 0.717) is 40.0 Å². The smallest absolute Gasteiger partial charge is 0.272 e. The van der Waals surface area contributed by atoms with Crippen LogP contribution in [-0.4, -0.2) is 28.5 Å². The van der Waals surface area contributed by atoms with Crippen LogP contribution in [0, 0.1) is 5.82 Å². The van der Waals surface area contributed by atoms with Crippen LogP contribution in [0.4, 0.5) is 15.2 Å². The number of halogens is 1. The number of hydrogen-bond acceptors (Lipinski definition) is 7. The van der Waals surface area contributed by atoms with Gasteiger partial charge in [0.05, 0.1) is 11.4 Å². The molecule has 3 N–H and O–H groups in total. The van der Waals surface area contributed by atoms with Crippen molar-refractivity contribution in [3.63, 3.8) is 0 Å². The number of nitrogens with one attached hydrogen (secondary N) is 3. The summed E-state index contributed by atoms with van der Waals surface area (Å²) < 4.78 is 19.1. The van der Waals surface area contributed by atoms with Gasteiger partial charge in [-0.25, -0.2) is 9.37 Å². The highest BCUT2D eigenvalue weighted by Crippen LogP contribution is 2.26. The molecule has 254 valence electrons. The van der Waals surface area contributed by atoms with Crippen LogP contribution in [0.3, 0.4) is 0 Å². The topological polar surface area (TPSA) is 109 Å². The van der Waals surface area contributed by atoms with Gasteiger partial charge in [0, 0.05) is 27.1 Å². The number of anilines is 2. The average Bonchev–Trinajstić information content (AvgIpc) is 3.63. The lowest BCUT2D eigenvalue weighted by atomic mass is 10.1. The van der Waals surface area contributed by atoms with Gasteiger partial charge in [-0.2, -0.15) is 0 Å². The van der Waals surface area contributed by atoms with Gasteiger partial charge in [0.2, 0.25) is 5.91 Å². The minimum atomic E-state index is -0.507. The molecule has 6 rings (SSSR count). The summed E-state index contributed by atoms with van der Waals surface area (Å²) in [5.41, 5.74) is 4.13. The van der Waals surface area contributed by atoms with Crippen molar-refractivity contribution in [2.24, 2.45) is 0 Å². The summed E-state index contributed by atoms with van der Waals surface area (Å²) in [7, 11) is 0. The molecule has 11 heteroatoms. The van der Waals surface area contributed by atoms with Crippen molar-refractivity contribution in [3.8, 4) is 17.0 Å².